The van der Waals surface area contributed by atoms with Crippen molar-refractivity contribution in [2.75, 3.05) is 18.8 Å². The normalized spacial score (nSPS) is 20.0. The van der Waals surface area contributed by atoms with Crippen LogP contribution in [0.2, 0.25) is 0 Å². The first-order chi connectivity index (χ1) is 12.0. The minimum absolute atomic E-state index is 0.0222. The minimum Gasteiger partial charge on any atom is -0.466 e. The molecule has 3 heterocycles. The Balaban J connectivity index is 1.78. The Labute approximate surface area is 155 Å². The molecule has 0 radical (unpaired) electrons. The Morgan fingerprint density at radius 2 is 2.12 bits per heavy atom. The van der Waals surface area contributed by atoms with Crippen molar-refractivity contribution in [3.63, 3.8) is 0 Å². The number of hydrogen-bond acceptors (Lipinski definition) is 5. The van der Waals surface area contributed by atoms with Gasteiger partial charge in [-0.05, 0) is 36.9 Å². The molecule has 0 saturated carbocycles. The van der Waals surface area contributed by atoms with Crippen LogP contribution in [0.5, 0.6) is 0 Å². The van der Waals surface area contributed by atoms with E-state index in [0.29, 0.717) is 13.1 Å². The van der Waals surface area contributed by atoms with Crippen LogP contribution in [0.3, 0.4) is 0 Å². The molecular weight excluding hydrogens is 356 g/mol. The molecule has 1 aliphatic rings. The van der Waals surface area contributed by atoms with Crippen LogP contribution in [0.1, 0.15) is 41.0 Å². The van der Waals surface area contributed by atoms with Crippen LogP contribution in [-0.2, 0) is 4.79 Å². The number of amides is 2. The molecule has 25 heavy (non-hydrogen) atoms. The lowest BCUT2D eigenvalue weighted by Crippen LogP contribution is -2.39. The second-order valence-electron chi connectivity index (χ2n) is 6.12. The Hall–Kier alpha value is -1.73. The molecule has 2 aromatic rings. The van der Waals surface area contributed by atoms with E-state index < -0.39 is 0 Å². The Morgan fingerprint density at radius 1 is 1.32 bits per heavy atom. The quantitative estimate of drug-likeness (QED) is 0.809. The Bertz CT molecular complexity index is 768. The van der Waals surface area contributed by atoms with E-state index in [-0.39, 0.29) is 23.8 Å². The van der Waals surface area contributed by atoms with Crippen molar-refractivity contribution in [3.05, 3.63) is 40.7 Å². The van der Waals surface area contributed by atoms with Gasteiger partial charge in [0.15, 0.2) is 0 Å². The fourth-order valence-corrected chi connectivity index (χ4v) is 5.14. The van der Waals surface area contributed by atoms with E-state index in [1.807, 2.05) is 36.1 Å². The number of thioether (sulfide) groups is 1. The first-order valence-corrected chi connectivity index (χ1v) is 10.1. The SMILES string of the molecule is CCSc1ccc(C(=O)N2C[C@@H](NC(C)=O)[C@H](c3ccc(C)o3)C2)s1. The average molecular weight is 379 g/mol. The van der Waals surface area contributed by atoms with Gasteiger partial charge >= 0.3 is 0 Å². The summed E-state index contributed by atoms with van der Waals surface area (Å²) in [5, 5.41) is 2.97. The van der Waals surface area contributed by atoms with Crippen molar-refractivity contribution in [3.8, 4) is 0 Å². The van der Waals surface area contributed by atoms with Crippen molar-refractivity contribution >= 4 is 34.9 Å². The summed E-state index contributed by atoms with van der Waals surface area (Å²) < 4.78 is 6.91. The number of nitrogens with zero attached hydrogens (tertiary/aromatic N) is 1. The summed E-state index contributed by atoms with van der Waals surface area (Å²) in [5.41, 5.74) is 0. The standard InChI is InChI=1S/C18H22N2O3S2/c1-4-24-17-8-7-16(25-17)18(22)20-9-13(14(10-20)19-12(3)21)15-6-5-11(2)23-15/h5-8,13-14H,4,9-10H2,1-3H3,(H,19,21)/t13-,14-/m1/s1. The van der Waals surface area contributed by atoms with Crippen LogP contribution in [0.4, 0.5) is 0 Å². The van der Waals surface area contributed by atoms with E-state index in [2.05, 4.69) is 12.2 Å². The zero-order valence-electron chi connectivity index (χ0n) is 14.6. The van der Waals surface area contributed by atoms with Gasteiger partial charge in [0, 0.05) is 20.0 Å². The monoisotopic (exact) mass is 378 g/mol. The highest BCUT2D eigenvalue weighted by Crippen LogP contribution is 2.32. The molecule has 2 amide bonds. The number of thiophene rings is 1. The second-order valence-corrected chi connectivity index (χ2v) is 8.77. The summed E-state index contributed by atoms with van der Waals surface area (Å²) in [6, 6.07) is 7.61. The number of furan rings is 1. The third kappa shape index (κ3) is 4.10. The molecule has 7 heteroatoms. The van der Waals surface area contributed by atoms with Gasteiger partial charge in [-0.3, -0.25) is 9.59 Å². The number of aryl methyl sites for hydroxylation is 1. The summed E-state index contributed by atoms with van der Waals surface area (Å²) in [6.45, 7) is 6.54. The average Bonchev–Trinajstić information content (AvgIpc) is 3.26. The van der Waals surface area contributed by atoms with E-state index >= 15 is 0 Å². The van der Waals surface area contributed by atoms with E-state index in [9.17, 15) is 9.59 Å². The number of carbonyl (C=O) groups excluding carboxylic acids is 2. The number of rotatable bonds is 5. The molecule has 1 fully saturated rings. The van der Waals surface area contributed by atoms with Gasteiger partial charge in [0.2, 0.25) is 5.91 Å². The lowest BCUT2D eigenvalue weighted by atomic mass is 10.0. The number of hydrogen-bond donors (Lipinski definition) is 1. The van der Waals surface area contributed by atoms with Gasteiger partial charge in [-0.1, -0.05) is 6.92 Å². The lowest BCUT2D eigenvalue weighted by molar-refractivity contribution is -0.119. The Kier molecular flexibility index (Phi) is 5.54. The molecule has 3 rings (SSSR count). The van der Waals surface area contributed by atoms with Gasteiger partial charge in [0.1, 0.15) is 11.5 Å². The predicted octanol–water partition coefficient (Wildman–Crippen LogP) is 3.51. The smallest absolute Gasteiger partial charge is 0.264 e. The predicted molar refractivity (Wildman–Crippen MR) is 100 cm³/mol. The molecule has 0 spiro atoms. The highest BCUT2D eigenvalue weighted by Gasteiger charge is 2.39. The van der Waals surface area contributed by atoms with Crippen LogP contribution in [-0.4, -0.2) is 41.6 Å². The van der Waals surface area contributed by atoms with Crippen LogP contribution < -0.4 is 5.32 Å². The minimum atomic E-state index is -0.128. The molecule has 0 unspecified atom stereocenters. The molecule has 134 valence electrons. The third-order valence-corrected chi connectivity index (χ3v) is 6.38. The van der Waals surface area contributed by atoms with Gasteiger partial charge in [-0.2, -0.15) is 0 Å². The van der Waals surface area contributed by atoms with Gasteiger partial charge in [-0.25, -0.2) is 0 Å². The topological polar surface area (TPSA) is 62.6 Å². The van der Waals surface area contributed by atoms with Crippen molar-refractivity contribution < 1.29 is 14.0 Å². The third-order valence-electron chi connectivity index (χ3n) is 4.20. The van der Waals surface area contributed by atoms with Crippen molar-refractivity contribution in [2.24, 2.45) is 0 Å². The summed E-state index contributed by atoms with van der Waals surface area (Å²) >= 11 is 3.27. The summed E-state index contributed by atoms with van der Waals surface area (Å²) in [4.78, 5) is 27.0. The number of likely N-dealkylation sites (tertiary alicyclic amines) is 1. The first-order valence-electron chi connectivity index (χ1n) is 8.33. The summed E-state index contributed by atoms with van der Waals surface area (Å²) in [5.74, 6) is 2.55. The highest BCUT2D eigenvalue weighted by molar-refractivity contribution is 8.01. The van der Waals surface area contributed by atoms with E-state index in [1.165, 1.54) is 18.3 Å². The molecule has 2 aromatic heterocycles. The fraction of sp³-hybridized carbons (Fsp3) is 0.444. The van der Waals surface area contributed by atoms with Crippen LogP contribution in [0.15, 0.2) is 32.9 Å². The molecular formula is C18H22N2O3S2. The number of carbonyl (C=O) groups is 2. The Morgan fingerprint density at radius 3 is 2.76 bits per heavy atom. The van der Waals surface area contributed by atoms with Gasteiger partial charge in [0.05, 0.1) is 21.0 Å². The van der Waals surface area contributed by atoms with E-state index in [0.717, 1.165) is 26.4 Å². The lowest BCUT2D eigenvalue weighted by Gasteiger charge is -2.16. The molecule has 2 atom stereocenters. The van der Waals surface area contributed by atoms with Crippen LogP contribution in [0, 0.1) is 6.92 Å². The molecule has 0 aromatic carbocycles. The molecule has 5 nitrogen and oxygen atoms in total. The fourth-order valence-electron chi connectivity index (χ4n) is 3.13. The maximum absolute atomic E-state index is 12.9. The molecule has 0 aliphatic carbocycles. The molecule has 0 bridgehead atoms. The maximum atomic E-state index is 12.9. The van der Waals surface area contributed by atoms with Gasteiger partial charge in [-0.15, -0.1) is 23.1 Å². The summed E-state index contributed by atoms with van der Waals surface area (Å²) in [7, 11) is 0. The zero-order chi connectivity index (χ0) is 18.0. The first kappa shape index (κ1) is 18.1. The summed E-state index contributed by atoms with van der Waals surface area (Å²) in [6.07, 6.45) is 0. The number of nitrogens with one attached hydrogen (secondary N) is 1. The largest absolute Gasteiger partial charge is 0.466 e. The van der Waals surface area contributed by atoms with Gasteiger partial charge in [0.25, 0.3) is 5.91 Å². The van der Waals surface area contributed by atoms with Crippen molar-refractivity contribution in [1.82, 2.24) is 10.2 Å². The molecule has 1 saturated heterocycles. The second kappa shape index (κ2) is 7.66. The van der Waals surface area contributed by atoms with E-state index in [4.69, 9.17) is 4.42 Å². The maximum Gasteiger partial charge on any atom is 0.264 e. The molecule has 1 N–H and O–H groups in total. The van der Waals surface area contributed by atoms with E-state index in [1.54, 1.807) is 11.8 Å². The van der Waals surface area contributed by atoms with Crippen LogP contribution in [0.25, 0.3) is 0 Å². The molecule has 1 aliphatic heterocycles. The van der Waals surface area contributed by atoms with Crippen LogP contribution >= 0.6 is 23.1 Å². The highest BCUT2D eigenvalue weighted by atomic mass is 32.2. The van der Waals surface area contributed by atoms with Crippen molar-refractivity contribution in [1.29, 1.82) is 0 Å². The van der Waals surface area contributed by atoms with Gasteiger partial charge < -0.3 is 14.6 Å². The van der Waals surface area contributed by atoms with Crippen molar-refractivity contribution in [2.45, 2.75) is 36.9 Å². The zero-order valence-corrected chi connectivity index (χ0v) is 16.2.